The summed E-state index contributed by atoms with van der Waals surface area (Å²) in [4.78, 5) is 24.5. The van der Waals surface area contributed by atoms with Gasteiger partial charge in [0.2, 0.25) is 0 Å². The minimum Gasteiger partial charge on any atom is -0.385 e. The monoisotopic (exact) mass is 282 g/mol. The Labute approximate surface area is 123 Å². The van der Waals surface area contributed by atoms with Gasteiger partial charge in [0.25, 0.3) is 0 Å². The topological polar surface area (TPSA) is 65.1 Å². The standard InChI is InChI=1S/C17H18N2O2/c1-17(2)9-12-16(14(21)10-17)13(20)8-15(18)19(12)11-6-4-3-5-7-11/h3-8H,9-10,18H2,1-2H3. The lowest BCUT2D eigenvalue weighted by atomic mass is 9.75. The number of carbonyl (C=O) groups is 1. The van der Waals surface area contributed by atoms with Crippen LogP contribution < -0.4 is 11.2 Å². The van der Waals surface area contributed by atoms with E-state index in [-0.39, 0.29) is 16.6 Å². The van der Waals surface area contributed by atoms with Crippen molar-refractivity contribution in [1.82, 2.24) is 4.57 Å². The van der Waals surface area contributed by atoms with E-state index in [4.69, 9.17) is 5.73 Å². The van der Waals surface area contributed by atoms with Gasteiger partial charge in [-0.15, -0.1) is 0 Å². The maximum Gasteiger partial charge on any atom is 0.194 e. The molecule has 1 heterocycles. The molecule has 0 spiro atoms. The number of hydrogen-bond donors (Lipinski definition) is 1. The number of nitrogen functional groups attached to an aromatic ring is 1. The predicted octanol–water partition coefficient (Wildman–Crippen LogP) is 2.57. The van der Waals surface area contributed by atoms with E-state index in [1.165, 1.54) is 6.07 Å². The maximum atomic E-state index is 12.4. The molecule has 2 aromatic rings. The second kappa shape index (κ2) is 4.58. The van der Waals surface area contributed by atoms with E-state index in [2.05, 4.69) is 0 Å². The molecule has 0 amide bonds. The lowest BCUT2D eigenvalue weighted by Crippen LogP contribution is -2.35. The normalized spacial score (nSPS) is 16.6. The number of pyridine rings is 1. The average molecular weight is 282 g/mol. The second-order valence-electron chi connectivity index (χ2n) is 6.37. The van der Waals surface area contributed by atoms with Crippen LogP contribution in [0.3, 0.4) is 0 Å². The zero-order chi connectivity index (χ0) is 15.2. The summed E-state index contributed by atoms with van der Waals surface area (Å²) in [6, 6.07) is 10.9. The molecule has 0 atom stereocenters. The smallest absolute Gasteiger partial charge is 0.194 e. The molecule has 0 aliphatic heterocycles. The van der Waals surface area contributed by atoms with E-state index in [1.54, 1.807) is 0 Å². The van der Waals surface area contributed by atoms with Gasteiger partial charge in [-0.1, -0.05) is 32.0 Å². The highest BCUT2D eigenvalue weighted by atomic mass is 16.1. The van der Waals surface area contributed by atoms with Gasteiger partial charge in [-0.05, 0) is 24.0 Å². The number of benzene rings is 1. The Morgan fingerprint density at radius 2 is 1.76 bits per heavy atom. The largest absolute Gasteiger partial charge is 0.385 e. The number of nitrogens with zero attached hydrogens (tertiary/aromatic N) is 1. The van der Waals surface area contributed by atoms with Crippen molar-refractivity contribution in [2.45, 2.75) is 26.7 Å². The molecule has 0 bridgehead atoms. The summed E-state index contributed by atoms with van der Waals surface area (Å²) in [5, 5.41) is 0. The van der Waals surface area contributed by atoms with Crippen LogP contribution in [0.1, 0.15) is 36.3 Å². The third-order valence-electron chi connectivity index (χ3n) is 3.92. The second-order valence-corrected chi connectivity index (χ2v) is 6.37. The van der Waals surface area contributed by atoms with Gasteiger partial charge in [-0.2, -0.15) is 0 Å². The first-order chi connectivity index (χ1) is 9.89. The minimum absolute atomic E-state index is 0.0871. The Morgan fingerprint density at radius 1 is 1.10 bits per heavy atom. The van der Waals surface area contributed by atoms with Crippen LogP contribution in [-0.4, -0.2) is 10.4 Å². The van der Waals surface area contributed by atoms with Crippen LogP contribution in [0, 0.1) is 5.41 Å². The summed E-state index contributed by atoms with van der Waals surface area (Å²) >= 11 is 0. The fourth-order valence-electron chi connectivity index (χ4n) is 3.07. The first-order valence-corrected chi connectivity index (χ1v) is 7.02. The van der Waals surface area contributed by atoms with Crippen molar-refractivity contribution in [2.75, 3.05) is 5.73 Å². The highest BCUT2D eigenvalue weighted by Crippen LogP contribution is 2.35. The first kappa shape index (κ1) is 13.6. The van der Waals surface area contributed by atoms with Crippen molar-refractivity contribution in [2.24, 2.45) is 5.41 Å². The zero-order valence-electron chi connectivity index (χ0n) is 12.2. The van der Waals surface area contributed by atoms with Gasteiger partial charge in [0, 0.05) is 23.9 Å². The first-order valence-electron chi connectivity index (χ1n) is 7.02. The van der Waals surface area contributed by atoms with Crippen LogP contribution >= 0.6 is 0 Å². The molecule has 108 valence electrons. The molecule has 1 aliphatic rings. The Bertz CT molecular complexity index is 773. The number of ketones is 1. The number of aromatic nitrogens is 1. The van der Waals surface area contributed by atoms with Crippen molar-refractivity contribution in [1.29, 1.82) is 0 Å². The summed E-state index contributed by atoms with van der Waals surface area (Å²) in [5.74, 6) is 0.284. The fraction of sp³-hybridized carbons (Fsp3) is 0.294. The van der Waals surface area contributed by atoms with E-state index < -0.39 is 0 Å². The van der Waals surface area contributed by atoms with Crippen molar-refractivity contribution < 1.29 is 4.79 Å². The molecule has 1 aromatic heterocycles. The maximum absolute atomic E-state index is 12.4. The zero-order valence-corrected chi connectivity index (χ0v) is 12.2. The molecule has 1 aromatic carbocycles. The van der Waals surface area contributed by atoms with Crippen LogP contribution in [0.5, 0.6) is 0 Å². The Balaban J connectivity index is 2.35. The minimum atomic E-state index is -0.268. The molecule has 0 saturated heterocycles. The van der Waals surface area contributed by atoms with E-state index in [1.807, 2.05) is 48.7 Å². The molecule has 0 radical (unpaired) electrons. The molecule has 4 heteroatoms. The molecule has 0 unspecified atom stereocenters. The number of anilines is 1. The summed E-state index contributed by atoms with van der Waals surface area (Å²) in [6.07, 6.45) is 1.05. The van der Waals surface area contributed by atoms with Gasteiger partial charge < -0.3 is 5.73 Å². The summed E-state index contributed by atoms with van der Waals surface area (Å²) < 4.78 is 1.83. The number of hydrogen-bond acceptors (Lipinski definition) is 3. The van der Waals surface area contributed by atoms with E-state index in [9.17, 15) is 9.59 Å². The number of fused-ring (bicyclic) bond motifs is 1. The SMILES string of the molecule is CC1(C)CC(=O)c2c(n(-c3ccccc3)c(N)cc2=O)C1. The van der Waals surface area contributed by atoms with Gasteiger partial charge in [0.15, 0.2) is 11.2 Å². The third kappa shape index (κ3) is 2.27. The molecular weight excluding hydrogens is 264 g/mol. The van der Waals surface area contributed by atoms with Crippen LogP contribution in [0.4, 0.5) is 5.82 Å². The van der Waals surface area contributed by atoms with Gasteiger partial charge in [-0.25, -0.2) is 0 Å². The van der Waals surface area contributed by atoms with Crippen molar-refractivity contribution in [3.63, 3.8) is 0 Å². The Morgan fingerprint density at radius 3 is 2.43 bits per heavy atom. The fourth-order valence-corrected chi connectivity index (χ4v) is 3.07. The third-order valence-corrected chi connectivity index (χ3v) is 3.92. The number of nitrogens with two attached hydrogens (primary N) is 1. The van der Waals surface area contributed by atoms with E-state index in [0.717, 1.165) is 11.4 Å². The van der Waals surface area contributed by atoms with E-state index >= 15 is 0 Å². The van der Waals surface area contributed by atoms with E-state index in [0.29, 0.717) is 24.2 Å². The molecule has 4 nitrogen and oxygen atoms in total. The lowest BCUT2D eigenvalue weighted by Gasteiger charge is -2.32. The number of rotatable bonds is 1. The van der Waals surface area contributed by atoms with Crippen molar-refractivity contribution in [3.05, 3.63) is 57.9 Å². The van der Waals surface area contributed by atoms with Crippen molar-refractivity contribution in [3.8, 4) is 5.69 Å². The highest BCUT2D eigenvalue weighted by Gasteiger charge is 2.35. The van der Waals surface area contributed by atoms with Crippen LogP contribution in [-0.2, 0) is 6.42 Å². The lowest BCUT2D eigenvalue weighted by molar-refractivity contribution is 0.0908. The molecule has 3 rings (SSSR count). The summed E-state index contributed by atoms with van der Waals surface area (Å²) in [7, 11) is 0. The van der Waals surface area contributed by atoms with Crippen LogP contribution in [0.2, 0.25) is 0 Å². The van der Waals surface area contributed by atoms with Gasteiger partial charge >= 0.3 is 0 Å². The quantitative estimate of drug-likeness (QED) is 0.874. The average Bonchev–Trinajstić information content (AvgIpc) is 2.37. The number of Topliss-reactive ketones (excluding diaryl/α,β-unsaturated/α-hetero) is 1. The Kier molecular flexibility index (Phi) is 2.97. The van der Waals surface area contributed by atoms with Crippen molar-refractivity contribution >= 4 is 11.6 Å². The Hall–Kier alpha value is -2.36. The number of para-hydroxylation sites is 1. The predicted molar refractivity (Wildman–Crippen MR) is 82.9 cm³/mol. The highest BCUT2D eigenvalue weighted by molar-refractivity contribution is 5.99. The molecule has 0 saturated carbocycles. The summed E-state index contributed by atoms with van der Waals surface area (Å²) in [6.45, 7) is 4.08. The molecule has 21 heavy (non-hydrogen) atoms. The van der Waals surface area contributed by atoms with Gasteiger partial charge in [0.05, 0.1) is 5.56 Å². The molecule has 2 N–H and O–H groups in total. The van der Waals surface area contributed by atoms with Gasteiger partial charge in [-0.3, -0.25) is 14.2 Å². The van der Waals surface area contributed by atoms with Gasteiger partial charge in [0.1, 0.15) is 5.82 Å². The number of carbonyl (C=O) groups excluding carboxylic acids is 1. The molecule has 0 fully saturated rings. The van der Waals surface area contributed by atoms with Crippen LogP contribution in [0.15, 0.2) is 41.2 Å². The van der Waals surface area contributed by atoms with Crippen LogP contribution in [0.25, 0.3) is 5.69 Å². The summed E-state index contributed by atoms with van der Waals surface area (Å²) in [5.41, 5.74) is 7.53. The molecular formula is C17H18N2O2. The molecule has 1 aliphatic carbocycles.